The molecule has 3 nitrogen and oxygen atoms in total. The van der Waals surface area contributed by atoms with Crippen LogP contribution in [0.4, 0.5) is 4.39 Å². The van der Waals surface area contributed by atoms with Crippen LogP contribution in [0.15, 0.2) is 18.2 Å². The van der Waals surface area contributed by atoms with Gasteiger partial charge in [-0.25, -0.2) is 4.39 Å². The molecule has 18 heavy (non-hydrogen) atoms. The molecule has 1 aromatic rings. The van der Waals surface area contributed by atoms with Crippen molar-refractivity contribution in [1.82, 2.24) is 5.32 Å². The normalized spacial score (nSPS) is 23.1. The fourth-order valence-electron chi connectivity index (χ4n) is 2.56. The predicted octanol–water partition coefficient (Wildman–Crippen LogP) is 2.00. The molecule has 1 aliphatic rings. The topological polar surface area (TPSA) is 38.3 Å². The van der Waals surface area contributed by atoms with Crippen molar-refractivity contribution >= 4 is 5.97 Å². The number of benzene rings is 1. The molecule has 0 radical (unpaired) electrons. The van der Waals surface area contributed by atoms with E-state index in [2.05, 4.69) is 5.32 Å². The molecule has 1 heterocycles. The van der Waals surface area contributed by atoms with Crippen LogP contribution in [-0.4, -0.2) is 25.7 Å². The van der Waals surface area contributed by atoms with Gasteiger partial charge in [-0.15, -0.1) is 0 Å². The fraction of sp³-hybridized carbons (Fsp3) is 0.500. The van der Waals surface area contributed by atoms with Gasteiger partial charge in [-0.1, -0.05) is 6.07 Å². The Labute approximate surface area is 106 Å². The summed E-state index contributed by atoms with van der Waals surface area (Å²) < 4.78 is 18.2. The second-order valence-electron chi connectivity index (χ2n) is 4.62. The van der Waals surface area contributed by atoms with Crippen molar-refractivity contribution in [2.24, 2.45) is 5.92 Å². The van der Waals surface area contributed by atoms with Gasteiger partial charge >= 0.3 is 5.97 Å². The molecule has 0 bridgehead atoms. The van der Waals surface area contributed by atoms with E-state index in [4.69, 9.17) is 4.74 Å². The second kappa shape index (κ2) is 5.48. The molecule has 1 saturated heterocycles. The summed E-state index contributed by atoms with van der Waals surface area (Å²) in [5.74, 6) is -0.509. The van der Waals surface area contributed by atoms with Crippen LogP contribution in [0.2, 0.25) is 0 Å². The summed E-state index contributed by atoms with van der Waals surface area (Å²) in [5, 5.41) is 3.21. The molecule has 1 N–H and O–H groups in total. The molecular weight excluding hydrogens is 233 g/mol. The zero-order chi connectivity index (χ0) is 13.1. The van der Waals surface area contributed by atoms with Crippen molar-refractivity contribution in [3.05, 3.63) is 35.1 Å². The van der Waals surface area contributed by atoms with Gasteiger partial charge < -0.3 is 10.1 Å². The number of aryl methyl sites for hydroxylation is 1. The lowest BCUT2D eigenvalue weighted by atomic mass is 9.86. The maximum absolute atomic E-state index is 13.1. The highest BCUT2D eigenvalue weighted by atomic mass is 19.1. The van der Waals surface area contributed by atoms with E-state index in [1.165, 1.54) is 12.1 Å². The van der Waals surface area contributed by atoms with Gasteiger partial charge in [-0.05, 0) is 37.1 Å². The highest BCUT2D eigenvalue weighted by molar-refractivity contribution is 5.74. The Hall–Kier alpha value is -1.42. The molecule has 2 rings (SSSR count). The molecule has 1 aromatic carbocycles. The smallest absolute Gasteiger partial charge is 0.310 e. The van der Waals surface area contributed by atoms with Crippen LogP contribution < -0.4 is 5.32 Å². The fourth-order valence-corrected chi connectivity index (χ4v) is 2.56. The van der Waals surface area contributed by atoms with Crippen LogP contribution in [0.25, 0.3) is 0 Å². The Morgan fingerprint density at radius 1 is 1.50 bits per heavy atom. The lowest BCUT2D eigenvalue weighted by Gasteiger charge is -2.19. The average Bonchev–Trinajstić information content (AvgIpc) is 2.78. The number of nitrogens with one attached hydrogen (secondary N) is 1. The Bertz CT molecular complexity index is 447. The van der Waals surface area contributed by atoms with Crippen LogP contribution in [0.1, 0.15) is 24.0 Å². The van der Waals surface area contributed by atoms with E-state index in [0.717, 1.165) is 17.7 Å². The lowest BCUT2D eigenvalue weighted by Crippen LogP contribution is -2.24. The Kier molecular flexibility index (Phi) is 3.97. The van der Waals surface area contributed by atoms with E-state index in [-0.39, 0.29) is 23.6 Å². The first-order valence-corrected chi connectivity index (χ1v) is 6.27. The van der Waals surface area contributed by atoms with Crippen molar-refractivity contribution in [1.29, 1.82) is 0 Å². The predicted molar refractivity (Wildman–Crippen MR) is 66.9 cm³/mol. The third-order valence-corrected chi connectivity index (χ3v) is 3.43. The first kappa shape index (κ1) is 13.0. The molecule has 0 spiro atoms. The van der Waals surface area contributed by atoms with Gasteiger partial charge in [0.05, 0.1) is 12.5 Å². The number of carbonyl (C=O) groups is 1. The first-order chi connectivity index (χ1) is 8.63. The Morgan fingerprint density at radius 2 is 2.28 bits per heavy atom. The molecule has 0 amide bonds. The van der Waals surface area contributed by atoms with Crippen molar-refractivity contribution in [2.75, 3.05) is 19.7 Å². The summed E-state index contributed by atoms with van der Waals surface area (Å²) in [4.78, 5) is 11.9. The molecule has 2 atom stereocenters. The summed E-state index contributed by atoms with van der Waals surface area (Å²) in [6.45, 7) is 5.43. The molecule has 4 heteroatoms. The molecule has 1 aliphatic heterocycles. The highest BCUT2D eigenvalue weighted by Gasteiger charge is 2.35. The number of halogens is 1. The number of carbonyl (C=O) groups excluding carboxylic acids is 1. The number of hydrogen-bond acceptors (Lipinski definition) is 3. The van der Waals surface area contributed by atoms with Crippen LogP contribution in [0, 0.1) is 18.7 Å². The Balaban J connectivity index is 2.23. The van der Waals surface area contributed by atoms with Crippen molar-refractivity contribution in [3.63, 3.8) is 0 Å². The number of rotatable bonds is 3. The van der Waals surface area contributed by atoms with Crippen molar-refractivity contribution < 1.29 is 13.9 Å². The molecule has 0 aliphatic carbocycles. The number of esters is 1. The monoisotopic (exact) mass is 251 g/mol. The highest BCUT2D eigenvalue weighted by Crippen LogP contribution is 2.31. The molecule has 0 unspecified atom stereocenters. The van der Waals surface area contributed by atoms with E-state index in [0.29, 0.717) is 13.2 Å². The van der Waals surface area contributed by atoms with Gasteiger partial charge in [0.2, 0.25) is 0 Å². The zero-order valence-electron chi connectivity index (χ0n) is 10.7. The summed E-state index contributed by atoms with van der Waals surface area (Å²) in [6.07, 6.45) is 0. The van der Waals surface area contributed by atoms with Crippen molar-refractivity contribution in [2.45, 2.75) is 19.8 Å². The minimum absolute atomic E-state index is 0.0737. The largest absolute Gasteiger partial charge is 0.466 e. The molecule has 0 saturated carbocycles. The van der Waals surface area contributed by atoms with E-state index < -0.39 is 0 Å². The molecule has 98 valence electrons. The molecule has 0 aromatic heterocycles. The second-order valence-corrected chi connectivity index (χ2v) is 4.62. The summed E-state index contributed by atoms with van der Waals surface area (Å²) in [5.41, 5.74) is 1.91. The van der Waals surface area contributed by atoms with Crippen LogP contribution in [0.3, 0.4) is 0 Å². The SMILES string of the molecule is CCOC(=O)[C@@H]1CNC[C@H]1c1ccc(F)cc1C. The lowest BCUT2D eigenvalue weighted by molar-refractivity contribution is -0.147. The van der Waals surface area contributed by atoms with Gasteiger partial charge in [-0.3, -0.25) is 4.79 Å². The van der Waals surface area contributed by atoms with E-state index in [1.807, 2.05) is 6.92 Å². The van der Waals surface area contributed by atoms with Crippen LogP contribution in [0.5, 0.6) is 0 Å². The Morgan fingerprint density at radius 3 is 2.94 bits per heavy atom. The quantitative estimate of drug-likeness (QED) is 0.835. The van der Waals surface area contributed by atoms with Gasteiger partial charge in [-0.2, -0.15) is 0 Å². The maximum atomic E-state index is 13.1. The minimum atomic E-state index is -0.241. The standard InChI is InChI=1S/C14H18FNO2/c1-3-18-14(17)13-8-16-7-12(13)11-5-4-10(15)6-9(11)2/h4-6,12-13,16H,3,7-8H2,1-2H3/t12-,13+/m0/s1. The third-order valence-electron chi connectivity index (χ3n) is 3.43. The molecule has 1 fully saturated rings. The van der Waals surface area contributed by atoms with Gasteiger partial charge in [0, 0.05) is 19.0 Å². The van der Waals surface area contributed by atoms with Gasteiger partial charge in [0.25, 0.3) is 0 Å². The summed E-state index contributed by atoms with van der Waals surface area (Å²) in [7, 11) is 0. The first-order valence-electron chi connectivity index (χ1n) is 6.27. The summed E-state index contributed by atoms with van der Waals surface area (Å²) in [6, 6.07) is 4.73. The summed E-state index contributed by atoms with van der Waals surface area (Å²) >= 11 is 0. The van der Waals surface area contributed by atoms with E-state index in [1.54, 1.807) is 13.0 Å². The van der Waals surface area contributed by atoms with Gasteiger partial charge in [0.15, 0.2) is 0 Å². The van der Waals surface area contributed by atoms with E-state index >= 15 is 0 Å². The molecular formula is C14H18FNO2. The van der Waals surface area contributed by atoms with E-state index in [9.17, 15) is 9.18 Å². The minimum Gasteiger partial charge on any atom is -0.466 e. The van der Waals surface area contributed by atoms with Crippen LogP contribution >= 0.6 is 0 Å². The number of ether oxygens (including phenoxy) is 1. The number of hydrogen-bond donors (Lipinski definition) is 1. The maximum Gasteiger partial charge on any atom is 0.310 e. The van der Waals surface area contributed by atoms with Crippen molar-refractivity contribution in [3.8, 4) is 0 Å². The zero-order valence-corrected chi connectivity index (χ0v) is 10.7. The van der Waals surface area contributed by atoms with Crippen LogP contribution in [-0.2, 0) is 9.53 Å². The third kappa shape index (κ3) is 2.53. The van der Waals surface area contributed by atoms with Gasteiger partial charge in [0.1, 0.15) is 5.82 Å². The average molecular weight is 251 g/mol.